The second kappa shape index (κ2) is 15.3. The molecule has 2 saturated heterocycles. The smallest absolute Gasteiger partial charge is 0.272 e. The number of carbonyl (C=O) groups is 2. The van der Waals surface area contributed by atoms with Crippen LogP contribution in [0.2, 0.25) is 0 Å². The number of nitrogens with one attached hydrogen (secondary N) is 2. The van der Waals surface area contributed by atoms with Gasteiger partial charge in [-0.3, -0.25) is 14.5 Å². The fourth-order valence-corrected chi connectivity index (χ4v) is 7.54. The van der Waals surface area contributed by atoms with Crippen LogP contribution < -0.4 is 10.6 Å². The first-order valence-corrected chi connectivity index (χ1v) is 17.9. The number of hydrogen-bond acceptors (Lipinski definition) is 6. The molecule has 3 N–H and O–H groups in total. The molecule has 0 aromatic heterocycles. The zero-order valence-corrected chi connectivity index (χ0v) is 30.0. The van der Waals surface area contributed by atoms with Crippen molar-refractivity contribution in [2.45, 2.75) is 119 Å². The summed E-state index contributed by atoms with van der Waals surface area (Å²) in [4.78, 5) is 28.2. The Morgan fingerprint density at radius 2 is 1.53 bits per heavy atom. The van der Waals surface area contributed by atoms with E-state index < -0.39 is 16.0 Å². The maximum atomic E-state index is 13.7. The van der Waals surface area contributed by atoms with Gasteiger partial charge in [0.1, 0.15) is 0 Å². The fraction of sp³-hybridized carbons (Fsp3) is 0.611. The van der Waals surface area contributed by atoms with Crippen molar-refractivity contribution < 1.29 is 24.2 Å². The lowest BCUT2D eigenvalue weighted by Crippen LogP contribution is -2.61. The van der Waals surface area contributed by atoms with Gasteiger partial charge in [0, 0.05) is 36.2 Å². The van der Waals surface area contributed by atoms with Gasteiger partial charge in [-0.05, 0) is 69.1 Å². The van der Waals surface area contributed by atoms with E-state index in [9.17, 15) is 14.7 Å². The van der Waals surface area contributed by atoms with Crippen molar-refractivity contribution in [3.05, 3.63) is 70.8 Å². The van der Waals surface area contributed by atoms with Crippen molar-refractivity contribution in [2.75, 3.05) is 6.54 Å². The molecule has 5 rings (SSSR count). The van der Waals surface area contributed by atoms with Crippen molar-refractivity contribution >= 4 is 46.6 Å². The number of hydrogen-bond donors (Lipinski definition) is 3. The predicted octanol–water partition coefficient (Wildman–Crippen LogP) is 6.89. The van der Waals surface area contributed by atoms with Crippen LogP contribution in [0, 0.1) is 11.8 Å². The molecule has 2 aliphatic heterocycles. The molecule has 3 aliphatic rings. The largest absolute Gasteiger partial charge is 0.392 e. The van der Waals surface area contributed by atoms with Crippen molar-refractivity contribution in [1.82, 2.24) is 15.5 Å². The molecular formula is C36H48Cl3N3O5. The highest BCUT2D eigenvalue weighted by Gasteiger charge is 2.46. The number of likely N-dealkylation sites (tertiary alicyclic amines) is 1. The predicted molar refractivity (Wildman–Crippen MR) is 185 cm³/mol. The number of benzene rings is 2. The molecule has 0 unspecified atom stereocenters. The van der Waals surface area contributed by atoms with E-state index in [2.05, 4.69) is 22.5 Å². The number of aliphatic hydroxyl groups is 1. The van der Waals surface area contributed by atoms with Crippen LogP contribution in [0.25, 0.3) is 0 Å². The SMILES string of the molecule is C[C@@H]1[C@H](CN2[C@@H](C(=O)NC(C)(C)C)CC[C@H]3CCCC[C@H]32)O[C@H](c2ccc(CNC(=O)C(Cl)(Cl)Cl)cc2)O[C@@H]1c1ccc(CO)cc1. The van der Waals surface area contributed by atoms with Crippen molar-refractivity contribution in [1.29, 1.82) is 0 Å². The molecule has 47 heavy (non-hydrogen) atoms. The van der Waals surface area contributed by atoms with E-state index in [1.54, 1.807) is 0 Å². The number of fused-ring (bicyclic) bond motifs is 1. The lowest BCUT2D eigenvalue weighted by Gasteiger charge is -2.51. The summed E-state index contributed by atoms with van der Waals surface area (Å²) in [7, 11) is 0. The van der Waals surface area contributed by atoms with E-state index in [-0.39, 0.29) is 48.8 Å². The number of amides is 2. The van der Waals surface area contributed by atoms with Crippen LogP contribution in [0.5, 0.6) is 0 Å². The lowest BCUT2D eigenvalue weighted by molar-refractivity contribution is -0.278. The first-order valence-electron chi connectivity index (χ1n) is 16.8. The number of ether oxygens (including phenoxy) is 2. The van der Waals surface area contributed by atoms with Crippen molar-refractivity contribution in [2.24, 2.45) is 11.8 Å². The van der Waals surface area contributed by atoms with E-state index in [1.165, 1.54) is 19.3 Å². The number of piperidine rings is 1. The van der Waals surface area contributed by atoms with Crippen LogP contribution in [0.4, 0.5) is 0 Å². The molecule has 0 spiro atoms. The summed E-state index contributed by atoms with van der Waals surface area (Å²) in [5, 5.41) is 15.5. The Balaban J connectivity index is 1.41. The molecule has 258 valence electrons. The van der Waals surface area contributed by atoms with Crippen LogP contribution in [0.3, 0.4) is 0 Å². The van der Waals surface area contributed by atoms with Crippen LogP contribution in [-0.4, -0.2) is 55.9 Å². The summed E-state index contributed by atoms with van der Waals surface area (Å²) in [6.07, 6.45) is 5.48. The summed E-state index contributed by atoms with van der Waals surface area (Å²) in [6, 6.07) is 15.7. The van der Waals surface area contributed by atoms with Crippen molar-refractivity contribution in [3.63, 3.8) is 0 Å². The molecule has 2 heterocycles. The highest BCUT2D eigenvalue weighted by atomic mass is 35.6. The van der Waals surface area contributed by atoms with Crippen LogP contribution >= 0.6 is 34.8 Å². The van der Waals surface area contributed by atoms with Gasteiger partial charge in [-0.2, -0.15) is 0 Å². The molecule has 11 heteroatoms. The van der Waals surface area contributed by atoms with Gasteiger partial charge in [-0.15, -0.1) is 0 Å². The van der Waals surface area contributed by atoms with E-state index in [4.69, 9.17) is 44.3 Å². The normalized spacial score (nSPS) is 28.7. The van der Waals surface area contributed by atoms with Gasteiger partial charge >= 0.3 is 0 Å². The maximum Gasteiger partial charge on any atom is 0.272 e. The summed E-state index contributed by atoms with van der Waals surface area (Å²) in [6.45, 7) is 9.05. The molecular weight excluding hydrogens is 661 g/mol. The molecule has 7 atom stereocenters. The molecule has 0 radical (unpaired) electrons. The van der Waals surface area contributed by atoms with Gasteiger partial charge in [0.25, 0.3) is 9.70 Å². The first kappa shape index (κ1) is 36.4. The number of rotatable bonds is 8. The van der Waals surface area contributed by atoms with Crippen LogP contribution in [0.1, 0.15) is 101 Å². The number of halogens is 3. The molecule has 2 amide bonds. The minimum absolute atomic E-state index is 0.0158. The third-order valence-corrected chi connectivity index (χ3v) is 10.3. The summed E-state index contributed by atoms with van der Waals surface area (Å²) < 4.78 is 11.5. The molecule has 8 nitrogen and oxygen atoms in total. The zero-order chi connectivity index (χ0) is 33.9. The van der Waals surface area contributed by atoms with Gasteiger partial charge < -0.3 is 25.2 Å². The van der Waals surface area contributed by atoms with E-state index in [0.717, 1.165) is 41.5 Å². The Morgan fingerprint density at radius 1 is 0.894 bits per heavy atom. The molecule has 1 saturated carbocycles. The molecule has 3 fully saturated rings. The van der Waals surface area contributed by atoms with E-state index in [1.807, 2.05) is 69.3 Å². The monoisotopic (exact) mass is 707 g/mol. The zero-order valence-electron chi connectivity index (χ0n) is 27.7. The summed E-state index contributed by atoms with van der Waals surface area (Å²) in [5.41, 5.74) is 3.20. The Hall–Kier alpha value is -1.91. The van der Waals surface area contributed by atoms with Crippen LogP contribution in [0.15, 0.2) is 48.5 Å². The molecule has 0 bridgehead atoms. The Bertz CT molecular complexity index is 1360. The number of carbonyl (C=O) groups excluding carboxylic acids is 2. The second-order valence-electron chi connectivity index (χ2n) is 14.4. The summed E-state index contributed by atoms with van der Waals surface area (Å²) >= 11 is 17.1. The van der Waals surface area contributed by atoms with Gasteiger partial charge in [0.15, 0.2) is 6.29 Å². The van der Waals surface area contributed by atoms with Gasteiger partial charge in [-0.1, -0.05) is 103 Å². The first-order chi connectivity index (χ1) is 22.2. The molecule has 1 aliphatic carbocycles. The minimum Gasteiger partial charge on any atom is -0.392 e. The Morgan fingerprint density at radius 3 is 2.17 bits per heavy atom. The van der Waals surface area contributed by atoms with Gasteiger partial charge in [0.2, 0.25) is 5.91 Å². The topological polar surface area (TPSA) is 100 Å². The quantitative estimate of drug-likeness (QED) is 0.258. The summed E-state index contributed by atoms with van der Waals surface area (Å²) in [5.74, 6) is -0.0288. The number of aliphatic hydroxyl groups excluding tert-OH is 1. The van der Waals surface area contributed by atoms with Crippen molar-refractivity contribution in [3.8, 4) is 0 Å². The second-order valence-corrected chi connectivity index (χ2v) is 16.7. The van der Waals surface area contributed by atoms with Crippen LogP contribution in [-0.2, 0) is 32.2 Å². The van der Waals surface area contributed by atoms with Gasteiger partial charge in [-0.25, -0.2) is 0 Å². The average molecular weight is 709 g/mol. The lowest BCUT2D eigenvalue weighted by atomic mass is 9.75. The molecule has 2 aromatic rings. The number of alkyl halides is 3. The third kappa shape index (κ3) is 9.21. The maximum absolute atomic E-state index is 13.7. The Labute approximate surface area is 293 Å². The van der Waals surface area contributed by atoms with Gasteiger partial charge in [0.05, 0.1) is 24.9 Å². The Kier molecular flexibility index (Phi) is 11.9. The minimum atomic E-state index is -2.03. The van der Waals surface area contributed by atoms with E-state index >= 15 is 0 Å². The number of nitrogens with zero attached hydrogens (tertiary/aromatic N) is 1. The highest BCUT2D eigenvalue weighted by Crippen LogP contribution is 2.44. The third-order valence-electron chi connectivity index (χ3n) is 9.78. The standard InChI is InChI=1S/C36H48Cl3N3O5/c1-22-30(20-42-28-8-6-5-7-25(28)17-18-29(42)32(44)41-35(2,3)4)46-33(47-31(22)26-13-11-24(21-43)12-14-26)27-15-9-23(10-16-27)19-40-34(45)36(37,38)39/h9-16,22,25,28-31,33,43H,5-8,17-21H2,1-4H3,(H,40,45)(H,41,44)/t22-,25-,28-,29-,30+,31+,33+/m1/s1. The fourth-order valence-electron chi connectivity index (χ4n) is 7.34. The average Bonchev–Trinajstić information content (AvgIpc) is 3.03. The van der Waals surface area contributed by atoms with E-state index in [0.29, 0.717) is 18.5 Å². The molecule has 2 aromatic carbocycles. The highest BCUT2D eigenvalue weighted by molar-refractivity contribution is 6.76.